The van der Waals surface area contributed by atoms with Crippen molar-refractivity contribution in [3.05, 3.63) is 57.0 Å². The third-order valence-electron chi connectivity index (χ3n) is 9.90. The molecule has 0 spiro atoms. The summed E-state index contributed by atoms with van der Waals surface area (Å²) >= 11 is 0. The van der Waals surface area contributed by atoms with E-state index in [2.05, 4.69) is 20.5 Å². The van der Waals surface area contributed by atoms with E-state index in [1.165, 1.54) is 54.1 Å². The zero-order valence-corrected chi connectivity index (χ0v) is 26.6. The van der Waals surface area contributed by atoms with E-state index in [9.17, 15) is 28.7 Å². The second kappa shape index (κ2) is 12.9. The highest BCUT2D eigenvalue weighted by Crippen LogP contribution is 2.51. The second-order valence-corrected chi connectivity index (χ2v) is 13.1. The summed E-state index contributed by atoms with van der Waals surface area (Å²) in [5, 5.41) is 17.3. The molecule has 1 saturated heterocycles. The minimum Gasteiger partial charge on any atom is -0.501 e. The fourth-order valence-corrected chi connectivity index (χ4v) is 6.83. The van der Waals surface area contributed by atoms with Crippen molar-refractivity contribution in [2.45, 2.75) is 64.1 Å². The highest BCUT2D eigenvalue weighted by atomic mass is 19.1. The molecule has 0 radical (unpaired) electrons. The topological polar surface area (TPSA) is 140 Å². The monoisotopic (exact) mass is 625 g/mol. The van der Waals surface area contributed by atoms with Crippen LogP contribution in [0, 0.1) is 18.2 Å². The molecule has 0 atom stereocenters. The van der Waals surface area contributed by atoms with Gasteiger partial charge in [0.05, 0.1) is 0 Å². The summed E-state index contributed by atoms with van der Waals surface area (Å²) in [6.07, 6.45) is 4.42. The fraction of sp³-hybridized carbons (Fsp3) is 0.594. The zero-order chi connectivity index (χ0) is 32.5. The van der Waals surface area contributed by atoms with Crippen LogP contribution in [-0.4, -0.2) is 101 Å². The molecule has 0 unspecified atom stereocenters. The Labute approximate surface area is 262 Å². The molecule has 3 N–H and O–H groups in total. The van der Waals surface area contributed by atoms with E-state index in [1.54, 1.807) is 13.0 Å². The number of fused-ring (bicyclic) bond motifs is 2. The predicted octanol–water partition coefficient (Wildman–Crippen LogP) is 1.33. The highest BCUT2D eigenvalue weighted by Gasteiger charge is 2.54. The first-order valence-corrected chi connectivity index (χ1v) is 15.7. The second-order valence-electron chi connectivity index (χ2n) is 13.1. The Morgan fingerprint density at radius 1 is 1.09 bits per heavy atom. The van der Waals surface area contributed by atoms with E-state index in [4.69, 9.17) is 0 Å². The Bertz CT molecular complexity index is 1530. The molecule has 1 saturated carbocycles. The van der Waals surface area contributed by atoms with Crippen LogP contribution < -0.4 is 16.2 Å². The summed E-state index contributed by atoms with van der Waals surface area (Å²) in [4.78, 5) is 63.0. The van der Waals surface area contributed by atoms with Gasteiger partial charge in [-0.2, -0.15) is 0 Å². The Hall–Kier alpha value is -3.84. The molecule has 2 aromatic rings. The van der Waals surface area contributed by atoms with Gasteiger partial charge in [0, 0.05) is 46.2 Å². The number of amides is 3. The number of hydrogen-bond donors (Lipinski definition) is 3. The third kappa shape index (κ3) is 6.32. The zero-order valence-electron chi connectivity index (χ0n) is 26.6. The van der Waals surface area contributed by atoms with Gasteiger partial charge < -0.3 is 30.4 Å². The van der Waals surface area contributed by atoms with Gasteiger partial charge in [0.25, 0.3) is 11.5 Å². The van der Waals surface area contributed by atoms with Crippen LogP contribution in [0.25, 0.3) is 0 Å². The van der Waals surface area contributed by atoms with Gasteiger partial charge in [0.1, 0.15) is 17.2 Å². The quantitative estimate of drug-likeness (QED) is 0.266. The molecular weight excluding hydrogens is 581 g/mol. The van der Waals surface area contributed by atoms with Gasteiger partial charge >= 0.3 is 11.8 Å². The first kappa shape index (κ1) is 32.6. The Kier molecular flexibility index (Phi) is 9.31. The molecule has 2 bridgehead atoms. The molecule has 1 aliphatic carbocycles. The van der Waals surface area contributed by atoms with Crippen LogP contribution in [0.4, 0.5) is 4.39 Å². The molecule has 13 heteroatoms. The number of rotatable bonds is 10. The molecule has 2 fully saturated rings. The molecule has 1 aromatic carbocycles. The van der Waals surface area contributed by atoms with Gasteiger partial charge in [-0.25, -0.2) is 9.37 Å². The molecule has 1 aromatic heterocycles. The van der Waals surface area contributed by atoms with Crippen LogP contribution in [0.2, 0.25) is 0 Å². The lowest BCUT2D eigenvalue weighted by Gasteiger charge is -2.46. The summed E-state index contributed by atoms with van der Waals surface area (Å²) in [7, 11) is 4.53. The minimum absolute atomic E-state index is 0.0207. The Balaban J connectivity index is 1.46. The maximum absolute atomic E-state index is 13.8. The summed E-state index contributed by atoms with van der Waals surface area (Å²) in [5.41, 5.74) is -1.65. The highest BCUT2D eigenvalue weighted by molar-refractivity contribution is 6.34. The number of aryl methyl sites for hydroxylation is 1. The largest absolute Gasteiger partial charge is 0.501 e. The van der Waals surface area contributed by atoms with Crippen molar-refractivity contribution in [2.24, 2.45) is 5.41 Å². The van der Waals surface area contributed by atoms with Gasteiger partial charge in [-0.05, 0) is 88.8 Å². The fourth-order valence-electron chi connectivity index (χ4n) is 6.83. The number of carbonyl (C=O) groups excluding carboxylic acids is 3. The number of carbonyl (C=O) groups is 3. The molecule has 3 amide bonds. The van der Waals surface area contributed by atoms with Crippen LogP contribution >= 0.6 is 0 Å². The van der Waals surface area contributed by atoms with Crippen LogP contribution in [-0.2, 0) is 28.2 Å². The predicted molar refractivity (Wildman–Crippen MR) is 165 cm³/mol. The summed E-state index contributed by atoms with van der Waals surface area (Å²) in [5.74, 6) is -3.19. The van der Waals surface area contributed by atoms with Crippen molar-refractivity contribution in [2.75, 3.05) is 53.9 Å². The van der Waals surface area contributed by atoms with Crippen LogP contribution in [0.3, 0.4) is 0 Å². The first-order valence-electron chi connectivity index (χ1n) is 15.7. The number of nitrogens with one attached hydrogen (secondary N) is 2. The van der Waals surface area contributed by atoms with Crippen molar-refractivity contribution in [3.8, 4) is 5.75 Å². The van der Waals surface area contributed by atoms with E-state index in [-0.39, 0.29) is 30.1 Å². The van der Waals surface area contributed by atoms with Crippen LogP contribution in [0.1, 0.15) is 66.0 Å². The summed E-state index contributed by atoms with van der Waals surface area (Å²) in [6.45, 7) is 6.70. The van der Waals surface area contributed by atoms with E-state index >= 15 is 0 Å². The lowest BCUT2D eigenvalue weighted by Crippen LogP contribution is -2.55. The van der Waals surface area contributed by atoms with E-state index < -0.39 is 40.3 Å². The number of likely N-dealkylation sites (N-methyl/N-ethyl adjacent to an activating group) is 2. The number of halogens is 1. The van der Waals surface area contributed by atoms with Gasteiger partial charge in [0.2, 0.25) is 5.75 Å². The smallest absolute Gasteiger partial charge is 0.312 e. The third-order valence-corrected chi connectivity index (χ3v) is 9.90. The maximum Gasteiger partial charge on any atom is 0.312 e. The normalized spacial score (nSPS) is 22.2. The molecule has 244 valence electrons. The number of nitrogens with zero attached hydrogens (tertiary/aromatic N) is 5. The van der Waals surface area contributed by atoms with Crippen molar-refractivity contribution >= 4 is 17.7 Å². The van der Waals surface area contributed by atoms with Gasteiger partial charge in [-0.1, -0.05) is 12.1 Å². The number of aromatic nitrogens is 2. The SMILES string of the molecule is Cc1cc(CNC(=O)c2nc3n(c(=O)c2O)CC2(CNCCCN4CCC4)CCC3(N(C)C(=O)C(=O)N(C)C)CC2)ccc1F. The number of likely N-dealkylation sites (tertiary alicyclic amines) is 1. The molecule has 3 aliphatic heterocycles. The molecule has 45 heavy (non-hydrogen) atoms. The van der Waals surface area contributed by atoms with Crippen molar-refractivity contribution in [1.82, 2.24) is 34.9 Å². The maximum atomic E-state index is 13.8. The first-order chi connectivity index (χ1) is 21.4. The van der Waals surface area contributed by atoms with E-state index in [1.807, 2.05) is 0 Å². The van der Waals surface area contributed by atoms with E-state index in [0.717, 1.165) is 32.6 Å². The molecular formula is C32H44FN7O5. The average Bonchev–Trinajstić information content (AvgIpc) is 3.23. The Morgan fingerprint density at radius 3 is 2.42 bits per heavy atom. The molecule has 6 rings (SSSR count). The van der Waals surface area contributed by atoms with Gasteiger partial charge in [-0.15, -0.1) is 0 Å². The van der Waals surface area contributed by atoms with Crippen LogP contribution in [0.15, 0.2) is 23.0 Å². The summed E-state index contributed by atoms with van der Waals surface area (Å²) in [6, 6.07) is 4.44. The van der Waals surface area contributed by atoms with Crippen LogP contribution in [0.5, 0.6) is 5.75 Å². The van der Waals surface area contributed by atoms with Crippen molar-refractivity contribution in [1.29, 1.82) is 0 Å². The number of benzene rings is 1. The molecule has 12 nitrogen and oxygen atoms in total. The minimum atomic E-state index is -1.14. The van der Waals surface area contributed by atoms with Crippen molar-refractivity contribution in [3.63, 3.8) is 0 Å². The lowest BCUT2D eigenvalue weighted by atomic mass is 9.67. The number of hydrogen-bond acceptors (Lipinski definition) is 8. The molecule has 4 aliphatic rings. The van der Waals surface area contributed by atoms with Gasteiger partial charge in [-0.3, -0.25) is 23.7 Å². The van der Waals surface area contributed by atoms with Crippen molar-refractivity contribution < 1.29 is 23.9 Å². The molecule has 4 heterocycles. The lowest BCUT2D eigenvalue weighted by molar-refractivity contribution is -0.155. The van der Waals surface area contributed by atoms with Gasteiger partial charge in [0.15, 0.2) is 5.69 Å². The summed E-state index contributed by atoms with van der Waals surface area (Å²) < 4.78 is 15.1. The Morgan fingerprint density at radius 2 is 1.80 bits per heavy atom. The standard InChI is InChI=1S/C32H44FN7O5/c1-21-17-22(7-8-23(21)33)18-35-26(42)24-25(41)27(43)40-20-31(19-34-13-5-14-39-15-6-16-39)9-11-32(12-10-31,30(40)36-24)38(4)29(45)28(44)37(2)3/h7-8,17,34,41H,5-6,9-16,18-20H2,1-4H3,(H,35,42). The van der Waals surface area contributed by atoms with E-state index in [0.29, 0.717) is 43.4 Å². The number of aromatic hydroxyl groups is 1. The average molecular weight is 626 g/mol.